The molecular weight excluding hydrogens is 302 g/mol. The van der Waals surface area contributed by atoms with Crippen molar-refractivity contribution in [1.82, 2.24) is 5.32 Å². The largest absolute Gasteiger partial charge is 0.317 e. The van der Waals surface area contributed by atoms with Gasteiger partial charge in [0.15, 0.2) is 11.6 Å². The van der Waals surface area contributed by atoms with Gasteiger partial charge in [-0.3, -0.25) is 0 Å². The number of hydrogen-bond donors (Lipinski definition) is 1. The molecule has 0 saturated carbocycles. The van der Waals surface area contributed by atoms with Crippen LogP contribution in [0.5, 0.6) is 0 Å². The average Bonchev–Trinajstić information content (AvgIpc) is 2.36. The molecule has 1 fully saturated rings. The Balaban J connectivity index is 0.00000180. The zero-order valence-corrected chi connectivity index (χ0v) is 11.6. The predicted molar refractivity (Wildman–Crippen MR) is 70.3 cm³/mol. The number of rotatable bonds is 3. The van der Waals surface area contributed by atoms with Crippen LogP contribution in [0, 0.1) is 11.6 Å². The summed E-state index contributed by atoms with van der Waals surface area (Å²) in [5.41, 5.74) is 0.501. The lowest BCUT2D eigenvalue weighted by Gasteiger charge is -2.25. The molecule has 1 aromatic rings. The Labute approximate surface area is 119 Å². The molecule has 0 radical (unpaired) electrons. The van der Waals surface area contributed by atoms with E-state index in [1.165, 1.54) is 6.07 Å². The van der Waals surface area contributed by atoms with E-state index in [2.05, 4.69) is 5.32 Å². The summed E-state index contributed by atoms with van der Waals surface area (Å²) in [6.07, 6.45) is 1.50. The highest BCUT2D eigenvalue weighted by Gasteiger charge is 2.24. The second-order valence-corrected chi connectivity index (χ2v) is 5.18. The number of hydrogen-bond acceptors (Lipinski definition) is 2. The van der Waals surface area contributed by atoms with E-state index in [0.29, 0.717) is 5.56 Å². The van der Waals surface area contributed by atoms with Crippen LogP contribution >= 0.6 is 24.2 Å². The van der Waals surface area contributed by atoms with Crippen molar-refractivity contribution in [3.8, 4) is 0 Å². The molecule has 0 bridgehead atoms. The minimum absolute atomic E-state index is 0. The standard InChI is InChI=1S/C12H13F4NS.ClH/c13-9-2-1-8(7-3-5-17-6-4-7)11(10(9)14)18-12(15)16;/h1-2,7,12,17H,3-6H2;1H. The van der Waals surface area contributed by atoms with Crippen molar-refractivity contribution in [2.75, 3.05) is 13.1 Å². The third-order valence-corrected chi connectivity index (χ3v) is 3.90. The van der Waals surface area contributed by atoms with Gasteiger partial charge in [-0.1, -0.05) is 17.8 Å². The first-order chi connectivity index (χ1) is 8.59. The quantitative estimate of drug-likeness (QED) is 0.664. The van der Waals surface area contributed by atoms with E-state index in [1.54, 1.807) is 0 Å². The van der Waals surface area contributed by atoms with Gasteiger partial charge in [0.1, 0.15) is 0 Å². The van der Waals surface area contributed by atoms with Gasteiger partial charge in [0.2, 0.25) is 0 Å². The molecule has 0 aromatic heterocycles. The molecule has 1 N–H and O–H groups in total. The van der Waals surface area contributed by atoms with Crippen LogP contribution < -0.4 is 5.32 Å². The summed E-state index contributed by atoms with van der Waals surface area (Å²) in [7, 11) is 0. The lowest BCUT2D eigenvalue weighted by Crippen LogP contribution is -2.27. The average molecular weight is 316 g/mol. The van der Waals surface area contributed by atoms with Gasteiger partial charge < -0.3 is 5.32 Å². The summed E-state index contributed by atoms with van der Waals surface area (Å²) >= 11 is 0.0907. The first-order valence-electron chi connectivity index (χ1n) is 5.73. The van der Waals surface area contributed by atoms with Crippen molar-refractivity contribution in [2.24, 2.45) is 0 Å². The van der Waals surface area contributed by atoms with Crippen molar-refractivity contribution in [3.63, 3.8) is 0 Å². The summed E-state index contributed by atoms with van der Waals surface area (Å²) in [4.78, 5) is -0.239. The van der Waals surface area contributed by atoms with Crippen LogP contribution in [-0.2, 0) is 0 Å². The SMILES string of the molecule is Cl.Fc1ccc(C2CCNCC2)c(SC(F)F)c1F. The smallest absolute Gasteiger partial charge is 0.289 e. The number of nitrogens with one attached hydrogen (secondary N) is 1. The molecule has 0 amide bonds. The van der Waals surface area contributed by atoms with Crippen LogP contribution in [0.25, 0.3) is 0 Å². The van der Waals surface area contributed by atoms with Crippen molar-refractivity contribution in [2.45, 2.75) is 29.4 Å². The molecule has 1 aliphatic heterocycles. The number of halogens is 5. The Morgan fingerprint density at radius 2 is 1.79 bits per heavy atom. The summed E-state index contributed by atoms with van der Waals surface area (Å²) in [6.45, 7) is 1.53. The Morgan fingerprint density at radius 1 is 1.16 bits per heavy atom. The van der Waals surface area contributed by atoms with E-state index >= 15 is 0 Å². The lowest BCUT2D eigenvalue weighted by atomic mass is 9.90. The fourth-order valence-electron chi connectivity index (χ4n) is 2.21. The van der Waals surface area contributed by atoms with E-state index in [1.807, 2.05) is 0 Å². The van der Waals surface area contributed by atoms with Gasteiger partial charge in [-0.25, -0.2) is 8.78 Å². The van der Waals surface area contributed by atoms with Gasteiger partial charge in [-0.2, -0.15) is 8.78 Å². The van der Waals surface area contributed by atoms with E-state index in [4.69, 9.17) is 0 Å². The van der Waals surface area contributed by atoms with Crippen LogP contribution in [0.4, 0.5) is 17.6 Å². The molecule has 1 aliphatic rings. The van der Waals surface area contributed by atoms with Crippen LogP contribution in [-0.4, -0.2) is 18.8 Å². The lowest BCUT2D eigenvalue weighted by molar-refractivity contribution is 0.251. The zero-order chi connectivity index (χ0) is 13.1. The van der Waals surface area contributed by atoms with E-state index in [0.717, 1.165) is 32.0 Å². The molecule has 7 heteroatoms. The van der Waals surface area contributed by atoms with Crippen molar-refractivity contribution in [1.29, 1.82) is 0 Å². The molecule has 0 atom stereocenters. The second kappa shape index (κ2) is 7.36. The topological polar surface area (TPSA) is 12.0 Å². The normalized spacial score (nSPS) is 16.5. The number of alkyl halides is 2. The maximum Gasteiger partial charge on any atom is 0.289 e. The third-order valence-electron chi connectivity index (χ3n) is 3.07. The molecule has 2 rings (SSSR count). The van der Waals surface area contributed by atoms with Crippen molar-refractivity contribution < 1.29 is 17.6 Å². The molecule has 19 heavy (non-hydrogen) atoms. The maximum atomic E-state index is 13.6. The Morgan fingerprint density at radius 3 is 2.37 bits per heavy atom. The van der Waals surface area contributed by atoms with E-state index in [9.17, 15) is 17.6 Å². The Kier molecular flexibility index (Phi) is 6.42. The first kappa shape index (κ1) is 16.6. The molecule has 0 aliphatic carbocycles. The molecule has 0 spiro atoms. The zero-order valence-electron chi connectivity index (χ0n) is 9.97. The number of thioether (sulfide) groups is 1. The van der Waals surface area contributed by atoms with Gasteiger partial charge in [-0.15, -0.1) is 12.4 Å². The molecular formula is C12H14ClF4NS. The predicted octanol–water partition coefficient (Wildman–Crippen LogP) is 4.17. The van der Waals surface area contributed by atoms with Crippen LogP contribution in [0.3, 0.4) is 0 Å². The highest BCUT2D eigenvalue weighted by atomic mass is 35.5. The highest BCUT2D eigenvalue weighted by Crippen LogP contribution is 2.38. The molecule has 1 nitrogen and oxygen atoms in total. The van der Waals surface area contributed by atoms with Gasteiger partial charge in [0, 0.05) is 0 Å². The third kappa shape index (κ3) is 4.00. The maximum absolute atomic E-state index is 13.6. The summed E-state index contributed by atoms with van der Waals surface area (Å²) in [5, 5.41) is 3.15. The highest BCUT2D eigenvalue weighted by molar-refractivity contribution is 7.99. The fourth-order valence-corrected chi connectivity index (χ4v) is 2.96. The Bertz CT molecular complexity index is 424. The van der Waals surface area contributed by atoms with Crippen molar-refractivity contribution in [3.05, 3.63) is 29.3 Å². The van der Waals surface area contributed by atoms with Gasteiger partial charge in [0.25, 0.3) is 5.76 Å². The van der Waals surface area contributed by atoms with Gasteiger partial charge >= 0.3 is 0 Å². The minimum Gasteiger partial charge on any atom is -0.317 e. The van der Waals surface area contributed by atoms with Crippen LogP contribution in [0.15, 0.2) is 17.0 Å². The summed E-state index contributed by atoms with van der Waals surface area (Å²) < 4.78 is 51.6. The molecule has 0 unspecified atom stereocenters. The fraction of sp³-hybridized carbons (Fsp3) is 0.500. The van der Waals surface area contributed by atoms with Crippen molar-refractivity contribution >= 4 is 24.2 Å². The number of benzene rings is 1. The van der Waals surface area contributed by atoms with E-state index < -0.39 is 17.4 Å². The molecule has 1 heterocycles. The first-order valence-corrected chi connectivity index (χ1v) is 6.61. The molecule has 108 valence electrons. The minimum atomic E-state index is -2.75. The van der Waals surface area contributed by atoms with Crippen LogP contribution in [0.2, 0.25) is 0 Å². The summed E-state index contributed by atoms with van der Waals surface area (Å²) in [6, 6.07) is 2.45. The molecule has 1 saturated heterocycles. The van der Waals surface area contributed by atoms with Gasteiger partial charge in [-0.05, 0) is 43.5 Å². The van der Waals surface area contributed by atoms with Gasteiger partial charge in [0.05, 0.1) is 4.90 Å². The second-order valence-electron chi connectivity index (χ2n) is 4.18. The molecule has 1 aromatic carbocycles. The summed E-state index contributed by atoms with van der Waals surface area (Å²) in [5.74, 6) is -4.96. The van der Waals surface area contributed by atoms with Crippen LogP contribution in [0.1, 0.15) is 24.3 Å². The number of piperidine rings is 1. The monoisotopic (exact) mass is 315 g/mol. The Hall–Kier alpha value is -0.460. The van der Waals surface area contributed by atoms with E-state index in [-0.39, 0.29) is 35.0 Å².